The van der Waals surface area contributed by atoms with Crippen molar-refractivity contribution in [1.82, 2.24) is 0 Å². The van der Waals surface area contributed by atoms with E-state index in [2.05, 4.69) is 111 Å². The Morgan fingerprint density at radius 3 is 0.641 bits per heavy atom. The number of benzene rings is 4. The molecule has 0 spiro atoms. The average molecular weight is 859 g/mol. The molecule has 64 heavy (non-hydrogen) atoms. The molecule has 0 amide bonds. The lowest BCUT2D eigenvalue weighted by Crippen LogP contribution is -1.94. The van der Waals surface area contributed by atoms with Crippen LogP contribution in [0, 0.1) is 47.4 Å². The van der Waals surface area contributed by atoms with Gasteiger partial charge in [-0.15, -0.1) is 0 Å². The van der Waals surface area contributed by atoms with Crippen LogP contribution in [0.15, 0.2) is 36.4 Å². The molecule has 0 N–H and O–H groups in total. The van der Waals surface area contributed by atoms with E-state index >= 15 is 0 Å². The van der Waals surface area contributed by atoms with Crippen LogP contribution < -0.4 is 0 Å². The Morgan fingerprint density at radius 1 is 0.250 bits per heavy atom. The van der Waals surface area contributed by atoms with Crippen molar-refractivity contribution in [1.29, 1.82) is 0 Å². The van der Waals surface area contributed by atoms with Gasteiger partial charge >= 0.3 is 0 Å². The maximum Gasteiger partial charge on any atom is 0.0336 e. The number of rotatable bonds is 32. The van der Waals surface area contributed by atoms with E-state index in [9.17, 15) is 0 Å². The minimum Gasteiger partial charge on any atom is -0.0979 e. The highest BCUT2D eigenvalue weighted by atomic mass is 14.2. The topological polar surface area (TPSA) is 0 Å². The second-order valence-corrected chi connectivity index (χ2v) is 19.1. The van der Waals surface area contributed by atoms with Crippen LogP contribution in [-0.4, -0.2) is 0 Å². The van der Waals surface area contributed by atoms with Crippen LogP contribution >= 0.6 is 0 Å². The molecule has 0 aromatic heterocycles. The summed E-state index contributed by atoms with van der Waals surface area (Å²) >= 11 is 0. The van der Waals surface area contributed by atoms with Crippen LogP contribution in [0.4, 0.5) is 0 Å². The molecule has 0 bridgehead atoms. The maximum atomic E-state index is 3.70. The Morgan fingerprint density at radius 2 is 0.438 bits per heavy atom. The van der Waals surface area contributed by atoms with E-state index in [0.29, 0.717) is 0 Å². The Bertz CT molecular complexity index is 1810. The number of unbranched alkanes of at least 4 members (excludes halogenated alkanes) is 32. The zero-order valence-corrected chi connectivity index (χ0v) is 41.9. The summed E-state index contributed by atoms with van der Waals surface area (Å²) in [5, 5.41) is 7.56. The molecule has 0 aliphatic carbocycles. The van der Waals surface area contributed by atoms with Gasteiger partial charge in [-0.25, -0.2) is 0 Å². The van der Waals surface area contributed by atoms with Crippen molar-refractivity contribution in [2.75, 3.05) is 0 Å². The molecule has 0 aliphatic rings. The van der Waals surface area contributed by atoms with E-state index in [1.807, 2.05) is 0 Å². The van der Waals surface area contributed by atoms with E-state index in [4.69, 9.17) is 0 Å². The van der Waals surface area contributed by atoms with Gasteiger partial charge in [0.2, 0.25) is 0 Å². The van der Waals surface area contributed by atoms with E-state index in [0.717, 1.165) is 47.9 Å². The van der Waals surface area contributed by atoms with Crippen molar-refractivity contribution >= 4 is 32.3 Å². The van der Waals surface area contributed by atoms with Gasteiger partial charge in [-0.1, -0.05) is 279 Å². The van der Waals surface area contributed by atoms with Gasteiger partial charge in [0.1, 0.15) is 0 Å². The summed E-state index contributed by atoms with van der Waals surface area (Å²) in [6.07, 6.45) is 46.2. The summed E-state index contributed by atoms with van der Waals surface area (Å²) in [4.78, 5) is 0. The number of hydrogen-bond acceptors (Lipinski definition) is 0. The first-order valence-corrected chi connectivity index (χ1v) is 27.5. The van der Waals surface area contributed by atoms with Gasteiger partial charge in [-0.2, -0.15) is 0 Å². The van der Waals surface area contributed by atoms with Crippen molar-refractivity contribution in [2.45, 2.75) is 259 Å². The van der Waals surface area contributed by atoms with Gasteiger partial charge in [-0.05, 0) is 70.1 Å². The Labute approximate surface area is 395 Å². The van der Waals surface area contributed by atoms with E-state index < -0.39 is 0 Å². The Balaban J connectivity index is 1.65. The fourth-order valence-corrected chi connectivity index (χ4v) is 9.43. The van der Waals surface area contributed by atoms with Crippen LogP contribution in [0.2, 0.25) is 0 Å². The van der Waals surface area contributed by atoms with Gasteiger partial charge < -0.3 is 0 Å². The quantitative estimate of drug-likeness (QED) is 0.0261. The van der Waals surface area contributed by atoms with Crippen LogP contribution in [0.25, 0.3) is 32.3 Å². The van der Waals surface area contributed by atoms with E-state index in [-0.39, 0.29) is 0 Å². The fraction of sp³-hybridized carbons (Fsp3) is 0.625. The highest BCUT2D eigenvalue weighted by molar-refractivity contribution is 6.26. The van der Waals surface area contributed by atoms with E-state index in [1.54, 1.807) is 0 Å². The molecule has 0 aliphatic heterocycles. The highest BCUT2D eigenvalue weighted by Gasteiger charge is 2.17. The smallest absolute Gasteiger partial charge is 0.0336 e. The molecule has 4 aromatic rings. The molecule has 0 saturated carbocycles. The van der Waals surface area contributed by atoms with Crippen LogP contribution in [0.1, 0.15) is 281 Å². The summed E-state index contributed by atoms with van der Waals surface area (Å²) < 4.78 is 0. The third-order valence-corrected chi connectivity index (χ3v) is 13.4. The highest BCUT2D eigenvalue weighted by Crippen LogP contribution is 2.40. The zero-order valence-electron chi connectivity index (χ0n) is 41.9. The molecule has 0 nitrogen and oxygen atoms in total. The minimum absolute atomic E-state index is 0.952. The summed E-state index contributed by atoms with van der Waals surface area (Å²) in [5.74, 6) is 29.3. The molecule has 0 atom stereocenters. The van der Waals surface area contributed by atoms with Gasteiger partial charge in [0.25, 0.3) is 0 Å². The van der Waals surface area contributed by atoms with Crippen molar-refractivity contribution in [2.24, 2.45) is 0 Å². The second kappa shape index (κ2) is 34.5. The van der Waals surface area contributed by atoms with Gasteiger partial charge in [0.15, 0.2) is 0 Å². The molecule has 346 valence electrons. The molecule has 0 heteroatoms. The standard InChI is InChI=1S/C64H90/c1-5-9-13-17-21-25-29-33-37-41-45-55-53-56(46-42-38-34-30-26-22-18-14-10-6-2)60-51-52-62-58(48-44-40-36-32-28-24-20-16-12-8-4)54-57(61-50-49-59(55)63(60)64(61)62)47-43-39-35-31-27-23-19-15-11-7-3/h49-54H,5-40H2,1-4H3. The van der Waals surface area contributed by atoms with Crippen LogP contribution in [-0.2, 0) is 0 Å². The predicted molar refractivity (Wildman–Crippen MR) is 287 cm³/mol. The summed E-state index contributed by atoms with van der Waals surface area (Å²) in [7, 11) is 0. The lowest BCUT2D eigenvalue weighted by molar-refractivity contribution is 0.579. The number of hydrogen-bond donors (Lipinski definition) is 0. The zero-order chi connectivity index (χ0) is 45.1. The first-order valence-electron chi connectivity index (χ1n) is 27.5. The molecule has 0 fully saturated rings. The van der Waals surface area contributed by atoms with Crippen molar-refractivity contribution in [3.63, 3.8) is 0 Å². The molecule has 0 heterocycles. The molecule has 0 unspecified atom stereocenters. The van der Waals surface area contributed by atoms with Crippen molar-refractivity contribution in [3.05, 3.63) is 58.7 Å². The van der Waals surface area contributed by atoms with Crippen LogP contribution in [0.5, 0.6) is 0 Å². The van der Waals surface area contributed by atoms with Gasteiger partial charge in [-0.3, -0.25) is 0 Å². The minimum atomic E-state index is 0.952. The van der Waals surface area contributed by atoms with Crippen molar-refractivity contribution in [3.8, 4) is 47.4 Å². The first-order chi connectivity index (χ1) is 31.7. The molecule has 0 saturated heterocycles. The Hall–Kier alpha value is -3.84. The maximum absolute atomic E-state index is 3.70. The third kappa shape index (κ3) is 19.7. The predicted octanol–water partition coefficient (Wildman–Crippen LogP) is 20.1. The first kappa shape index (κ1) is 52.8. The largest absolute Gasteiger partial charge is 0.0979 e. The van der Waals surface area contributed by atoms with Gasteiger partial charge in [0.05, 0.1) is 0 Å². The molecular formula is C64H90. The van der Waals surface area contributed by atoms with Crippen LogP contribution in [0.3, 0.4) is 0 Å². The SMILES string of the molecule is CCCCCCCCCCC#Cc1cc(C#CCCCCCCCCCC)c2ccc3c(C#CCCCCCCCCCC)cc(C#CCCCCCCCCCC)c4ccc1c2c43. The third-order valence-electron chi connectivity index (χ3n) is 13.4. The lowest BCUT2D eigenvalue weighted by atomic mass is 9.86. The monoisotopic (exact) mass is 859 g/mol. The average Bonchev–Trinajstić information content (AvgIpc) is 3.31. The summed E-state index contributed by atoms with van der Waals surface area (Å²) in [5.41, 5.74) is 4.47. The molecule has 0 radical (unpaired) electrons. The molecular weight excluding hydrogens is 769 g/mol. The summed E-state index contributed by atoms with van der Waals surface area (Å²) in [6, 6.07) is 13.9. The lowest BCUT2D eigenvalue weighted by Gasteiger charge is -2.16. The molecule has 4 aromatic carbocycles. The second-order valence-electron chi connectivity index (χ2n) is 19.1. The molecule has 4 rings (SSSR count). The van der Waals surface area contributed by atoms with Crippen molar-refractivity contribution < 1.29 is 0 Å². The fourth-order valence-electron chi connectivity index (χ4n) is 9.43. The van der Waals surface area contributed by atoms with E-state index in [1.165, 1.54) is 238 Å². The Kier molecular flexibility index (Phi) is 28.5. The summed E-state index contributed by atoms with van der Waals surface area (Å²) in [6.45, 7) is 9.19. The normalized spacial score (nSPS) is 11.0. The van der Waals surface area contributed by atoms with Gasteiger partial charge in [0, 0.05) is 47.9 Å².